The summed E-state index contributed by atoms with van der Waals surface area (Å²) in [5, 5.41) is 21.0. The van der Waals surface area contributed by atoms with Gasteiger partial charge in [0.25, 0.3) is 11.7 Å². The van der Waals surface area contributed by atoms with E-state index >= 15 is 0 Å². The van der Waals surface area contributed by atoms with Crippen molar-refractivity contribution in [1.82, 2.24) is 0 Å². The Morgan fingerprint density at radius 1 is 0.938 bits per heavy atom. The highest BCUT2D eigenvalue weighted by Crippen LogP contribution is 2.43. The molecule has 6 heteroatoms. The van der Waals surface area contributed by atoms with Gasteiger partial charge in [-0.1, -0.05) is 29.8 Å². The number of anilines is 1. The Balaban J connectivity index is 1.95. The van der Waals surface area contributed by atoms with Crippen LogP contribution in [0.25, 0.3) is 5.76 Å². The molecule has 0 bridgehead atoms. The van der Waals surface area contributed by atoms with E-state index < -0.39 is 17.7 Å². The van der Waals surface area contributed by atoms with E-state index in [9.17, 15) is 19.8 Å². The first kappa shape index (κ1) is 21.2. The van der Waals surface area contributed by atoms with E-state index in [-0.39, 0.29) is 17.1 Å². The summed E-state index contributed by atoms with van der Waals surface area (Å²) in [5.41, 5.74) is 3.29. The van der Waals surface area contributed by atoms with Gasteiger partial charge in [0.15, 0.2) is 0 Å². The van der Waals surface area contributed by atoms with Gasteiger partial charge in [-0.05, 0) is 67.4 Å². The molecule has 2 N–H and O–H groups in total. The van der Waals surface area contributed by atoms with Crippen LogP contribution in [0, 0.1) is 13.8 Å². The summed E-state index contributed by atoms with van der Waals surface area (Å²) in [7, 11) is 1.54. The first-order valence-corrected chi connectivity index (χ1v) is 10.1. The number of ether oxygens (including phenoxy) is 1. The monoisotopic (exact) mass is 429 g/mol. The number of phenols is 1. The van der Waals surface area contributed by atoms with E-state index in [0.29, 0.717) is 22.6 Å². The lowest BCUT2D eigenvalue weighted by Gasteiger charge is -2.25. The number of Topliss-reactive ketones (excluding diaryl/α,β-unsaturated/α-hetero) is 1. The molecule has 1 unspecified atom stereocenters. The third-order valence-electron chi connectivity index (χ3n) is 5.65. The minimum Gasteiger partial charge on any atom is -0.508 e. The minimum atomic E-state index is -0.857. The quantitative estimate of drug-likeness (QED) is 0.358. The lowest BCUT2D eigenvalue weighted by Crippen LogP contribution is -2.29. The van der Waals surface area contributed by atoms with Crippen molar-refractivity contribution in [3.05, 3.63) is 94.6 Å². The van der Waals surface area contributed by atoms with E-state index in [4.69, 9.17) is 4.74 Å². The van der Waals surface area contributed by atoms with Gasteiger partial charge in [0.2, 0.25) is 0 Å². The molecule has 1 atom stereocenters. The van der Waals surface area contributed by atoms with Crippen molar-refractivity contribution in [2.45, 2.75) is 19.9 Å². The van der Waals surface area contributed by atoms with Gasteiger partial charge in [-0.25, -0.2) is 0 Å². The molecule has 162 valence electrons. The van der Waals surface area contributed by atoms with Crippen molar-refractivity contribution in [2.24, 2.45) is 0 Å². The second-order valence-electron chi connectivity index (χ2n) is 7.78. The number of aromatic hydroxyl groups is 1. The van der Waals surface area contributed by atoms with Crippen LogP contribution in [0.1, 0.15) is 28.3 Å². The first-order chi connectivity index (χ1) is 15.3. The SMILES string of the molecule is COc1ccc(N2C(=O)C(=O)/C(=C(/O)c3cc(C)ccc3C)C2c2ccc(O)cc2)cc1. The number of carbonyl (C=O) groups is 2. The van der Waals surface area contributed by atoms with Crippen molar-refractivity contribution < 1.29 is 24.5 Å². The fraction of sp³-hybridized carbons (Fsp3) is 0.154. The molecule has 3 aromatic rings. The molecule has 0 aliphatic carbocycles. The molecule has 32 heavy (non-hydrogen) atoms. The molecule has 4 rings (SSSR count). The predicted octanol–water partition coefficient (Wildman–Crippen LogP) is 4.64. The molecule has 0 aromatic heterocycles. The van der Waals surface area contributed by atoms with Gasteiger partial charge in [0.05, 0.1) is 18.7 Å². The number of rotatable bonds is 4. The number of ketones is 1. The number of aryl methyl sites for hydroxylation is 2. The molecule has 1 saturated heterocycles. The van der Waals surface area contributed by atoms with E-state index in [1.165, 1.54) is 17.0 Å². The van der Waals surface area contributed by atoms with Crippen LogP contribution in [-0.4, -0.2) is 29.0 Å². The van der Waals surface area contributed by atoms with Crippen LogP contribution >= 0.6 is 0 Å². The molecule has 1 fully saturated rings. The smallest absolute Gasteiger partial charge is 0.300 e. The zero-order valence-electron chi connectivity index (χ0n) is 18.0. The predicted molar refractivity (Wildman–Crippen MR) is 122 cm³/mol. The van der Waals surface area contributed by atoms with Crippen molar-refractivity contribution in [1.29, 1.82) is 0 Å². The largest absolute Gasteiger partial charge is 0.508 e. The van der Waals surface area contributed by atoms with Crippen LogP contribution in [-0.2, 0) is 9.59 Å². The summed E-state index contributed by atoms with van der Waals surface area (Å²) in [6.45, 7) is 3.73. The number of hydrogen-bond donors (Lipinski definition) is 2. The first-order valence-electron chi connectivity index (χ1n) is 10.1. The van der Waals surface area contributed by atoms with Gasteiger partial charge < -0.3 is 14.9 Å². The molecule has 1 aliphatic heterocycles. The van der Waals surface area contributed by atoms with Gasteiger partial charge in [-0.15, -0.1) is 0 Å². The summed E-state index contributed by atoms with van der Waals surface area (Å²) in [6, 6.07) is 17.7. The van der Waals surface area contributed by atoms with Crippen molar-refractivity contribution in [3.8, 4) is 11.5 Å². The number of nitrogens with zero attached hydrogens (tertiary/aromatic N) is 1. The summed E-state index contributed by atoms with van der Waals surface area (Å²) >= 11 is 0. The number of methoxy groups -OCH3 is 1. The van der Waals surface area contributed by atoms with Crippen LogP contribution < -0.4 is 9.64 Å². The number of aliphatic hydroxyl groups excluding tert-OH is 1. The number of amides is 1. The molecule has 3 aromatic carbocycles. The molecule has 1 amide bonds. The van der Waals surface area contributed by atoms with E-state index in [0.717, 1.165) is 11.1 Å². The van der Waals surface area contributed by atoms with E-state index in [1.807, 2.05) is 26.0 Å². The highest BCUT2D eigenvalue weighted by atomic mass is 16.5. The third kappa shape index (κ3) is 3.60. The number of benzene rings is 3. The molecular weight excluding hydrogens is 406 g/mol. The average Bonchev–Trinajstić information content (AvgIpc) is 3.06. The van der Waals surface area contributed by atoms with Crippen LogP contribution in [0.5, 0.6) is 11.5 Å². The number of hydrogen-bond acceptors (Lipinski definition) is 5. The fourth-order valence-electron chi connectivity index (χ4n) is 3.95. The maximum absolute atomic E-state index is 13.2. The molecule has 1 heterocycles. The maximum Gasteiger partial charge on any atom is 0.300 e. The topological polar surface area (TPSA) is 87.1 Å². The standard InChI is InChI=1S/C26H23NO5/c1-15-4-5-16(2)21(14-15)24(29)22-23(17-6-10-19(28)11-7-17)27(26(31)25(22)30)18-8-12-20(32-3)13-9-18/h4-14,23,28-29H,1-3H3/b24-22+. The van der Waals surface area contributed by atoms with E-state index in [1.54, 1.807) is 49.6 Å². The Morgan fingerprint density at radius 3 is 2.22 bits per heavy atom. The summed E-state index contributed by atoms with van der Waals surface area (Å²) < 4.78 is 5.20. The fourth-order valence-corrected chi connectivity index (χ4v) is 3.95. The summed E-state index contributed by atoms with van der Waals surface area (Å²) in [6.07, 6.45) is 0. The second kappa shape index (κ2) is 8.23. The third-order valence-corrected chi connectivity index (χ3v) is 5.65. The van der Waals surface area contributed by atoms with Crippen molar-refractivity contribution >= 4 is 23.1 Å². The lowest BCUT2D eigenvalue weighted by atomic mass is 9.93. The Morgan fingerprint density at radius 2 is 1.59 bits per heavy atom. The van der Waals surface area contributed by atoms with Crippen LogP contribution in [0.15, 0.2) is 72.3 Å². The maximum atomic E-state index is 13.2. The molecule has 0 saturated carbocycles. The second-order valence-corrected chi connectivity index (χ2v) is 7.78. The highest BCUT2D eigenvalue weighted by molar-refractivity contribution is 6.51. The number of aliphatic hydroxyl groups is 1. The Bertz CT molecular complexity index is 1230. The molecule has 1 aliphatic rings. The zero-order valence-corrected chi connectivity index (χ0v) is 18.0. The number of phenolic OH excluding ortho intramolecular Hbond substituents is 1. The minimum absolute atomic E-state index is 0.00482. The van der Waals surface area contributed by atoms with E-state index in [2.05, 4.69) is 0 Å². The van der Waals surface area contributed by atoms with Crippen molar-refractivity contribution in [2.75, 3.05) is 12.0 Å². The Kier molecular flexibility index (Phi) is 5.45. The molecule has 0 radical (unpaired) electrons. The summed E-state index contributed by atoms with van der Waals surface area (Å²) in [4.78, 5) is 27.7. The van der Waals surface area contributed by atoms with Gasteiger partial charge in [-0.3, -0.25) is 14.5 Å². The van der Waals surface area contributed by atoms with Crippen LogP contribution in [0.4, 0.5) is 5.69 Å². The molecular formula is C26H23NO5. The molecule has 0 spiro atoms. The van der Waals surface area contributed by atoms with Gasteiger partial charge in [-0.2, -0.15) is 0 Å². The summed E-state index contributed by atoms with van der Waals surface area (Å²) in [5.74, 6) is -1.05. The zero-order chi connectivity index (χ0) is 23.0. The molecule has 6 nitrogen and oxygen atoms in total. The van der Waals surface area contributed by atoms with Crippen LogP contribution in [0.2, 0.25) is 0 Å². The van der Waals surface area contributed by atoms with Gasteiger partial charge >= 0.3 is 0 Å². The number of carbonyl (C=O) groups excluding carboxylic acids is 2. The van der Waals surface area contributed by atoms with Crippen molar-refractivity contribution in [3.63, 3.8) is 0 Å². The Hall–Kier alpha value is -4.06. The van der Waals surface area contributed by atoms with Crippen LogP contribution in [0.3, 0.4) is 0 Å². The Labute approximate surface area is 186 Å². The average molecular weight is 429 g/mol. The highest BCUT2D eigenvalue weighted by Gasteiger charge is 2.47. The van der Waals surface area contributed by atoms with Gasteiger partial charge in [0.1, 0.15) is 17.3 Å². The van der Waals surface area contributed by atoms with Gasteiger partial charge in [0, 0.05) is 11.3 Å². The lowest BCUT2D eigenvalue weighted by molar-refractivity contribution is -0.132. The normalized spacial score (nSPS) is 17.6.